The zero-order valence-corrected chi connectivity index (χ0v) is 15.6. The van der Waals surface area contributed by atoms with Crippen molar-refractivity contribution in [3.05, 3.63) is 53.6 Å². The lowest BCUT2D eigenvalue weighted by Gasteiger charge is -2.13. The van der Waals surface area contributed by atoms with Crippen molar-refractivity contribution in [3.8, 4) is 29.0 Å². The van der Waals surface area contributed by atoms with E-state index in [1.54, 1.807) is 37.6 Å². The Bertz CT molecular complexity index is 1060. The van der Waals surface area contributed by atoms with Gasteiger partial charge in [0.1, 0.15) is 40.1 Å². The molecule has 0 unspecified atom stereocenters. The number of benzene rings is 1. The molecule has 0 saturated heterocycles. The molecule has 27 heavy (non-hydrogen) atoms. The second-order valence-electron chi connectivity index (χ2n) is 5.62. The van der Waals surface area contributed by atoms with Gasteiger partial charge in [-0.2, -0.15) is 10.5 Å². The zero-order chi connectivity index (χ0) is 19.4. The van der Waals surface area contributed by atoms with E-state index in [0.29, 0.717) is 33.2 Å². The predicted octanol–water partition coefficient (Wildman–Crippen LogP) is 3.11. The monoisotopic (exact) mass is 376 g/mol. The standard InChI is InChI=1S/C19H16N6OS/c1-25-8-7-23-16(25)11-27-19-15(10-21)17(14(9-20)18(22)24-19)12-3-5-13(26-2)6-4-12/h3-8H,11H2,1-2H3,(H2,22,24). The third kappa shape index (κ3) is 3.57. The van der Waals surface area contributed by atoms with Gasteiger partial charge in [0.05, 0.1) is 18.4 Å². The molecule has 0 aliphatic carbocycles. The molecule has 0 aliphatic heterocycles. The van der Waals surface area contributed by atoms with Crippen LogP contribution < -0.4 is 10.5 Å². The highest BCUT2D eigenvalue weighted by Gasteiger charge is 2.21. The summed E-state index contributed by atoms with van der Waals surface area (Å²) < 4.78 is 7.08. The summed E-state index contributed by atoms with van der Waals surface area (Å²) in [5, 5.41) is 19.8. The normalized spacial score (nSPS) is 10.2. The third-order valence-corrected chi connectivity index (χ3v) is 5.02. The van der Waals surface area contributed by atoms with Crippen LogP contribution in [0.15, 0.2) is 41.7 Å². The van der Waals surface area contributed by atoms with Crippen molar-refractivity contribution in [3.63, 3.8) is 0 Å². The molecule has 3 aromatic rings. The lowest BCUT2D eigenvalue weighted by atomic mass is 9.97. The number of hydrogen-bond donors (Lipinski definition) is 1. The van der Waals surface area contributed by atoms with E-state index in [9.17, 15) is 10.5 Å². The molecule has 0 fully saturated rings. The summed E-state index contributed by atoms with van der Waals surface area (Å²) in [6.07, 6.45) is 3.56. The minimum Gasteiger partial charge on any atom is -0.497 e. The van der Waals surface area contributed by atoms with Gasteiger partial charge in [0.15, 0.2) is 0 Å². The van der Waals surface area contributed by atoms with Gasteiger partial charge in [-0.1, -0.05) is 23.9 Å². The van der Waals surface area contributed by atoms with E-state index < -0.39 is 0 Å². The van der Waals surface area contributed by atoms with Gasteiger partial charge < -0.3 is 15.0 Å². The molecule has 0 bridgehead atoms. The highest BCUT2D eigenvalue weighted by atomic mass is 32.2. The van der Waals surface area contributed by atoms with Gasteiger partial charge in [0, 0.05) is 25.0 Å². The first-order chi connectivity index (χ1) is 13.1. The Morgan fingerprint density at radius 1 is 1.19 bits per heavy atom. The van der Waals surface area contributed by atoms with Gasteiger partial charge in [-0.25, -0.2) is 9.97 Å². The fourth-order valence-corrected chi connectivity index (χ4v) is 3.62. The molecular weight excluding hydrogens is 360 g/mol. The van der Waals surface area contributed by atoms with E-state index in [2.05, 4.69) is 22.1 Å². The minimum atomic E-state index is 0.102. The van der Waals surface area contributed by atoms with Crippen molar-refractivity contribution in [2.24, 2.45) is 7.05 Å². The summed E-state index contributed by atoms with van der Waals surface area (Å²) in [7, 11) is 3.48. The summed E-state index contributed by atoms with van der Waals surface area (Å²) in [5.74, 6) is 2.16. The second kappa shape index (κ2) is 7.81. The van der Waals surface area contributed by atoms with Crippen molar-refractivity contribution in [2.75, 3.05) is 12.8 Å². The van der Waals surface area contributed by atoms with E-state index in [1.165, 1.54) is 11.8 Å². The number of anilines is 1. The zero-order valence-electron chi connectivity index (χ0n) is 14.8. The number of ether oxygens (including phenoxy) is 1. The lowest BCUT2D eigenvalue weighted by Crippen LogP contribution is -2.04. The molecule has 0 radical (unpaired) electrons. The van der Waals surface area contributed by atoms with Crippen molar-refractivity contribution >= 4 is 17.6 Å². The Kier molecular flexibility index (Phi) is 5.30. The molecule has 3 rings (SSSR count). The molecule has 8 heteroatoms. The SMILES string of the molecule is COc1ccc(-c2c(C#N)c(N)nc(SCc3nccn3C)c2C#N)cc1. The van der Waals surface area contributed by atoms with E-state index in [0.717, 1.165) is 5.82 Å². The van der Waals surface area contributed by atoms with E-state index in [-0.39, 0.29) is 11.4 Å². The van der Waals surface area contributed by atoms with Crippen LogP contribution in [-0.2, 0) is 12.8 Å². The van der Waals surface area contributed by atoms with Gasteiger partial charge in [-0.15, -0.1) is 0 Å². The van der Waals surface area contributed by atoms with Gasteiger partial charge in [0.2, 0.25) is 0 Å². The Hall–Kier alpha value is -3.49. The first kappa shape index (κ1) is 18.3. The lowest BCUT2D eigenvalue weighted by molar-refractivity contribution is 0.415. The summed E-state index contributed by atoms with van der Waals surface area (Å²) in [4.78, 5) is 8.57. The highest BCUT2D eigenvalue weighted by Crippen LogP contribution is 2.36. The van der Waals surface area contributed by atoms with Gasteiger partial charge in [-0.3, -0.25) is 0 Å². The topological polar surface area (TPSA) is 114 Å². The smallest absolute Gasteiger partial charge is 0.143 e. The number of nitrogen functional groups attached to an aromatic ring is 1. The van der Waals surface area contributed by atoms with Crippen molar-refractivity contribution in [2.45, 2.75) is 10.8 Å². The van der Waals surface area contributed by atoms with Crippen LogP contribution in [0.25, 0.3) is 11.1 Å². The fourth-order valence-electron chi connectivity index (χ4n) is 2.62. The van der Waals surface area contributed by atoms with Gasteiger partial charge in [0.25, 0.3) is 0 Å². The Labute approximate surface area is 161 Å². The van der Waals surface area contributed by atoms with E-state index in [4.69, 9.17) is 10.5 Å². The van der Waals surface area contributed by atoms with Crippen LogP contribution in [0.5, 0.6) is 5.75 Å². The summed E-state index contributed by atoms with van der Waals surface area (Å²) in [6.45, 7) is 0. The Balaban J connectivity index is 2.10. The maximum absolute atomic E-state index is 9.78. The quantitative estimate of drug-likeness (QED) is 0.681. The van der Waals surface area contributed by atoms with Crippen molar-refractivity contribution < 1.29 is 4.74 Å². The molecule has 0 saturated carbocycles. The summed E-state index contributed by atoms with van der Waals surface area (Å²) >= 11 is 1.36. The van der Waals surface area contributed by atoms with E-state index in [1.807, 2.05) is 17.8 Å². The second-order valence-corrected chi connectivity index (χ2v) is 6.59. The number of rotatable bonds is 5. The van der Waals surface area contributed by atoms with Gasteiger partial charge in [-0.05, 0) is 17.7 Å². The molecule has 7 nitrogen and oxygen atoms in total. The average molecular weight is 376 g/mol. The number of aryl methyl sites for hydroxylation is 1. The predicted molar refractivity (Wildman–Crippen MR) is 103 cm³/mol. The number of nitrogens with zero attached hydrogens (tertiary/aromatic N) is 5. The van der Waals surface area contributed by atoms with E-state index >= 15 is 0 Å². The molecule has 2 aromatic heterocycles. The van der Waals surface area contributed by atoms with Gasteiger partial charge >= 0.3 is 0 Å². The first-order valence-corrected chi connectivity index (χ1v) is 8.94. The number of nitrogens with two attached hydrogens (primary N) is 1. The number of imidazole rings is 1. The minimum absolute atomic E-state index is 0.102. The number of thioether (sulfide) groups is 1. The highest BCUT2D eigenvalue weighted by molar-refractivity contribution is 7.98. The molecule has 134 valence electrons. The van der Waals surface area contributed by atoms with Crippen LogP contribution in [-0.4, -0.2) is 21.6 Å². The molecule has 2 N–H and O–H groups in total. The molecule has 0 atom stereocenters. The van der Waals surface area contributed by atoms with Crippen molar-refractivity contribution in [1.29, 1.82) is 10.5 Å². The maximum atomic E-state index is 9.78. The number of methoxy groups -OCH3 is 1. The van der Waals surface area contributed by atoms with Crippen LogP contribution in [0.2, 0.25) is 0 Å². The molecule has 0 spiro atoms. The average Bonchev–Trinajstić information content (AvgIpc) is 3.10. The number of aromatic nitrogens is 3. The molecule has 0 aliphatic rings. The molecular formula is C19H16N6OS. The van der Waals surface area contributed by atoms with Crippen LogP contribution in [0.3, 0.4) is 0 Å². The van der Waals surface area contributed by atoms with Crippen LogP contribution in [0.4, 0.5) is 5.82 Å². The van der Waals surface area contributed by atoms with Crippen LogP contribution in [0.1, 0.15) is 17.0 Å². The van der Waals surface area contributed by atoms with Crippen molar-refractivity contribution in [1.82, 2.24) is 14.5 Å². The maximum Gasteiger partial charge on any atom is 0.143 e. The summed E-state index contributed by atoms with van der Waals surface area (Å²) in [5.41, 5.74) is 7.73. The Morgan fingerprint density at radius 2 is 1.89 bits per heavy atom. The first-order valence-electron chi connectivity index (χ1n) is 7.96. The Morgan fingerprint density at radius 3 is 2.44 bits per heavy atom. The van der Waals surface area contributed by atoms with Crippen LogP contribution >= 0.6 is 11.8 Å². The molecule has 0 amide bonds. The number of nitriles is 2. The molecule has 1 aromatic carbocycles. The molecule has 2 heterocycles. The largest absolute Gasteiger partial charge is 0.497 e. The third-order valence-electron chi connectivity index (χ3n) is 4.05. The van der Waals surface area contributed by atoms with Crippen LogP contribution in [0, 0.1) is 22.7 Å². The fraction of sp³-hybridized carbons (Fsp3) is 0.158. The summed E-state index contributed by atoms with van der Waals surface area (Å²) in [6, 6.07) is 11.4. The number of hydrogen-bond acceptors (Lipinski definition) is 7. The number of pyridine rings is 1.